The Labute approximate surface area is 211 Å². The first-order valence-corrected chi connectivity index (χ1v) is 13.4. The van der Waals surface area contributed by atoms with Crippen LogP contribution < -0.4 is 4.72 Å². The van der Waals surface area contributed by atoms with Crippen molar-refractivity contribution in [2.75, 3.05) is 24.4 Å². The first-order chi connectivity index (χ1) is 17.4. The van der Waals surface area contributed by atoms with Crippen molar-refractivity contribution in [1.82, 2.24) is 9.88 Å². The van der Waals surface area contributed by atoms with Crippen LogP contribution in [0.5, 0.6) is 0 Å². The molecule has 1 fully saturated rings. The molecule has 2 heterocycles. The summed E-state index contributed by atoms with van der Waals surface area (Å²) in [6, 6.07) is 25.7. The van der Waals surface area contributed by atoms with E-state index < -0.39 is 10.8 Å². The maximum atomic E-state index is 13.1. The van der Waals surface area contributed by atoms with Gasteiger partial charge in [-0.15, -0.1) is 0 Å². The van der Waals surface area contributed by atoms with Gasteiger partial charge in [-0.2, -0.15) is 0 Å². The normalized spacial score (nSPS) is 16.0. The molecule has 1 aliphatic heterocycles. The number of aromatic nitrogens is 1. The summed E-state index contributed by atoms with van der Waals surface area (Å²) < 4.78 is 24.6. The number of likely N-dealkylation sites (tertiary alicyclic amines) is 1. The van der Waals surface area contributed by atoms with Crippen molar-refractivity contribution >= 4 is 33.3 Å². The number of carbonyl (C=O) groups is 1. The number of rotatable bonds is 6. The van der Waals surface area contributed by atoms with Crippen LogP contribution in [-0.4, -0.2) is 49.7 Å². The van der Waals surface area contributed by atoms with E-state index in [1.807, 2.05) is 47.4 Å². The Morgan fingerprint density at radius 1 is 0.917 bits per heavy atom. The lowest BCUT2D eigenvalue weighted by atomic mass is 9.73. The fourth-order valence-electron chi connectivity index (χ4n) is 4.86. The summed E-state index contributed by atoms with van der Waals surface area (Å²) in [6.45, 7) is 1.17. The number of nitrogens with zero attached hydrogens (tertiary/aromatic N) is 2. The summed E-state index contributed by atoms with van der Waals surface area (Å²) in [4.78, 5) is 19.6. The number of aliphatic hydroxyl groups excluding tert-OH is 1. The molecule has 1 amide bonds. The molecule has 0 bridgehead atoms. The van der Waals surface area contributed by atoms with Crippen LogP contribution in [0.2, 0.25) is 0 Å². The van der Waals surface area contributed by atoms with Crippen molar-refractivity contribution < 1.29 is 19.0 Å². The van der Waals surface area contributed by atoms with Gasteiger partial charge in [-0.3, -0.25) is 23.6 Å². The molecule has 7 nitrogen and oxygen atoms in total. The quantitative estimate of drug-likeness (QED) is 0.275. The maximum Gasteiger partial charge on any atom is 0.253 e. The molecule has 0 aliphatic carbocycles. The highest BCUT2D eigenvalue weighted by atomic mass is 32.3. The van der Waals surface area contributed by atoms with E-state index in [9.17, 15) is 19.0 Å². The zero-order chi connectivity index (χ0) is 25.2. The zero-order valence-electron chi connectivity index (χ0n) is 19.7. The minimum atomic E-state index is -3.37. The number of para-hydroxylation sites is 1. The van der Waals surface area contributed by atoms with Gasteiger partial charge in [-0.05, 0) is 54.8 Å². The number of piperidine rings is 1. The van der Waals surface area contributed by atoms with Gasteiger partial charge in [-0.25, -0.2) is 0 Å². The van der Waals surface area contributed by atoms with Crippen LogP contribution in [0.15, 0.2) is 96.0 Å². The minimum absolute atomic E-state index is 0.0536. The van der Waals surface area contributed by atoms with Crippen LogP contribution >= 0.6 is 10.8 Å². The van der Waals surface area contributed by atoms with Crippen molar-refractivity contribution in [3.05, 3.63) is 102 Å². The summed E-state index contributed by atoms with van der Waals surface area (Å²) in [6.07, 6.45) is 3.00. The molecule has 0 spiro atoms. The monoisotopic (exact) mass is 503 g/mol. The average molecular weight is 504 g/mol. The number of benzene rings is 3. The molecule has 186 valence electrons. The van der Waals surface area contributed by atoms with E-state index in [2.05, 4.69) is 9.71 Å². The number of hydrogen-bond acceptors (Lipinski definition) is 6. The van der Waals surface area contributed by atoms with Gasteiger partial charge in [0.15, 0.2) is 0 Å². The van der Waals surface area contributed by atoms with Crippen molar-refractivity contribution in [1.29, 1.82) is 0 Å². The number of pyridine rings is 1. The van der Waals surface area contributed by atoms with Crippen LogP contribution in [0.3, 0.4) is 0 Å². The third kappa shape index (κ3) is 4.68. The molecule has 0 radical (unpaired) electrons. The van der Waals surface area contributed by atoms with Crippen LogP contribution in [-0.2, 0) is 5.41 Å². The van der Waals surface area contributed by atoms with Gasteiger partial charge < -0.3 is 10.0 Å². The lowest BCUT2D eigenvalue weighted by molar-refractivity contribution is 0.0594. The summed E-state index contributed by atoms with van der Waals surface area (Å²) >= 11 is 0. The number of carbonyl (C=O) groups excluding carboxylic acids is 1. The second kappa shape index (κ2) is 9.91. The molecule has 8 heteroatoms. The summed E-state index contributed by atoms with van der Waals surface area (Å²) in [5, 5.41) is 11.0. The van der Waals surface area contributed by atoms with E-state index in [-0.39, 0.29) is 17.9 Å². The molecule has 0 atom stereocenters. The van der Waals surface area contributed by atoms with E-state index in [1.54, 1.807) is 48.7 Å². The smallest absolute Gasteiger partial charge is 0.253 e. The Morgan fingerprint density at radius 2 is 1.61 bits per heavy atom. The Morgan fingerprint density at radius 3 is 2.31 bits per heavy atom. The molecule has 1 aliphatic rings. The van der Waals surface area contributed by atoms with Crippen LogP contribution in [0.25, 0.3) is 10.9 Å². The van der Waals surface area contributed by atoms with Gasteiger partial charge in [0.25, 0.3) is 5.91 Å². The summed E-state index contributed by atoms with van der Waals surface area (Å²) in [5.41, 5.74) is 2.33. The predicted molar refractivity (Wildman–Crippen MR) is 143 cm³/mol. The maximum absolute atomic E-state index is 13.1. The largest absolute Gasteiger partial charge is 0.395 e. The van der Waals surface area contributed by atoms with Gasteiger partial charge in [0.05, 0.1) is 17.8 Å². The fraction of sp³-hybridized carbons (Fsp3) is 0.214. The van der Waals surface area contributed by atoms with Crippen LogP contribution in [0, 0.1) is 0 Å². The molecular formula is C28H29N3O4S. The molecule has 4 aromatic rings. The number of anilines is 1. The number of aliphatic hydroxyl groups is 1. The molecule has 5 rings (SSSR count). The van der Waals surface area contributed by atoms with Gasteiger partial charge in [-0.1, -0.05) is 59.3 Å². The van der Waals surface area contributed by atoms with Crippen molar-refractivity contribution in [2.45, 2.75) is 23.2 Å². The van der Waals surface area contributed by atoms with Gasteiger partial charge in [0, 0.05) is 35.7 Å². The molecule has 1 saturated heterocycles. The van der Waals surface area contributed by atoms with Crippen LogP contribution in [0.1, 0.15) is 28.8 Å². The van der Waals surface area contributed by atoms with Gasteiger partial charge in [0.1, 0.15) is 4.90 Å². The topological polar surface area (TPSA) is 106 Å². The molecule has 0 unspecified atom stereocenters. The SMILES string of the molecule is O=C(c1ccc(NS(O)(O)c2cccc3cccnc23)cc1)N1CCC(CO)(c2ccccc2)CC1. The Hall–Kier alpha value is -3.43. The number of fused-ring (bicyclic) bond motifs is 1. The Balaban J connectivity index is 1.27. The summed E-state index contributed by atoms with van der Waals surface area (Å²) in [5.74, 6) is -0.0778. The van der Waals surface area contributed by atoms with E-state index in [0.29, 0.717) is 47.6 Å². The lowest BCUT2D eigenvalue weighted by Gasteiger charge is -2.41. The highest BCUT2D eigenvalue weighted by Crippen LogP contribution is 2.50. The molecule has 4 N–H and O–H groups in total. The molecule has 36 heavy (non-hydrogen) atoms. The Bertz CT molecular complexity index is 1350. The third-order valence-corrected chi connectivity index (χ3v) is 8.45. The van der Waals surface area contributed by atoms with E-state index in [1.165, 1.54) is 0 Å². The van der Waals surface area contributed by atoms with Crippen molar-refractivity contribution in [3.63, 3.8) is 0 Å². The predicted octanol–water partition coefficient (Wildman–Crippen LogP) is 5.54. The standard InChI is InChI=1S/C28H29N3O4S/c32-20-28(23-8-2-1-3-9-23)15-18-31(19-16-28)27(33)22-11-13-24(14-12-22)30-36(34,35)25-10-4-6-21-7-5-17-29-26(21)25/h1-14,17,30,32,34-35H,15-16,18-20H2. The minimum Gasteiger partial charge on any atom is -0.395 e. The summed E-state index contributed by atoms with van der Waals surface area (Å²) in [7, 11) is -3.37. The first kappa shape index (κ1) is 24.3. The molecular weight excluding hydrogens is 474 g/mol. The second-order valence-electron chi connectivity index (χ2n) is 9.16. The van der Waals surface area contributed by atoms with Crippen LogP contribution in [0.4, 0.5) is 5.69 Å². The first-order valence-electron chi connectivity index (χ1n) is 11.9. The Kier molecular flexibility index (Phi) is 6.68. The van der Waals surface area contributed by atoms with E-state index >= 15 is 0 Å². The second-order valence-corrected chi connectivity index (χ2v) is 10.9. The molecule has 0 saturated carbocycles. The number of nitrogens with one attached hydrogen (secondary N) is 1. The van der Waals surface area contributed by atoms with E-state index in [0.717, 1.165) is 10.9 Å². The molecule has 3 aromatic carbocycles. The highest BCUT2D eigenvalue weighted by Gasteiger charge is 2.37. The third-order valence-electron chi connectivity index (χ3n) is 6.99. The fourth-order valence-corrected chi connectivity index (χ4v) is 6.14. The van der Waals surface area contributed by atoms with E-state index in [4.69, 9.17) is 0 Å². The van der Waals surface area contributed by atoms with Crippen molar-refractivity contribution in [3.8, 4) is 0 Å². The van der Waals surface area contributed by atoms with Crippen molar-refractivity contribution in [2.24, 2.45) is 0 Å². The zero-order valence-corrected chi connectivity index (χ0v) is 20.6. The average Bonchev–Trinajstić information content (AvgIpc) is 2.93. The lowest BCUT2D eigenvalue weighted by Crippen LogP contribution is -2.46. The number of amides is 1. The number of hydrogen-bond donors (Lipinski definition) is 4. The van der Waals surface area contributed by atoms with Gasteiger partial charge >= 0.3 is 0 Å². The highest BCUT2D eigenvalue weighted by molar-refractivity contribution is 8.25. The molecule has 1 aromatic heterocycles. The van der Waals surface area contributed by atoms with Gasteiger partial charge in [0.2, 0.25) is 0 Å².